The van der Waals surface area contributed by atoms with Crippen molar-refractivity contribution in [3.05, 3.63) is 89.6 Å². The molecule has 9 nitrogen and oxygen atoms in total. The third kappa shape index (κ3) is 5.67. The van der Waals surface area contributed by atoms with Gasteiger partial charge in [-0.2, -0.15) is 0 Å². The molecule has 1 aromatic heterocycles. The summed E-state index contributed by atoms with van der Waals surface area (Å²) >= 11 is 0. The number of rotatable bonds is 9. The first-order valence-corrected chi connectivity index (χ1v) is 13.3. The van der Waals surface area contributed by atoms with Gasteiger partial charge in [-0.15, -0.1) is 0 Å². The van der Waals surface area contributed by atoms with E-state index >= 15 is 0 Å². The number of aromatic nitrogens is 1. The Bertz CT molecular complexity index is 1570. The summed E-state index contributed by atoms with van der Waals surface area (Å²) in [4.78, 5) is 40.4. The number of para-hydroxylation sites is 2. The Morgan fingerprint density at radius 2 is 1.44 bits per heavy atom. The van der Waals surface area contributed by atoms with Crippen molar-refractivity contribution in [2.24, 2.45) is 0 Å². The Morgan fingerprint density at radius 3 is 2.02 bits per heavy atom. The maximum absolute atomic E-state index is 13.6. The number of hydrogen-bond donors (Lipinski definition) is 2. The third-order valence-electron chi connectivity index (χ3n) is 6.48. The van der Waals surface area contributed by atoms with Crippen LogP contribution in [0.1, 0.15) is 49.3 Å². The summed E-state index contributed by atoms with van der Waals surface area (Å²) < 4.78 is 17.8. The lowest BCUT2D eigenvalue weighted by Gasteiger charge is -2.29. The van der Waals surface area contributed by atoms with Crippen LogP contribution in [0, 0.1) is 6.92 Å². The molecular formula is C32H34N2O7. The van der Waals surface area contributed by atoms with Crippen LogP contribution >= 0.6 is 0 Å². The number of methoxy groups -OCH3 is 1. The van der Waals surface area contributed by atoms with E-state index in [9.17, 15) is 19.5 Å². The molecule has 41 heavy (non-hydrogen) atoms. The second kappa shape index (κ2) is 11.9. The van der Waals surface area contributed by atoms with Gasteiger partial charge in [0, 0.05) is 10.9 Å². The van der Waals surface area contributed by atoms with Crippen LogP contribution in [-0.2, 0) is 24.7 Å². The Labute approximate surface area is 238 Å². The third-order valence-corrected chi connectivity index (χ3v) is 6.48. The summed E-state index contributed by atoms with van der Waals surface area (Å²) in [6, 6.07) is 20.8. The van der Waals surface area contributed by atoms with E-state index in [4.69, 9.17) is 14.2 Å². The first-order valence-electron chi connectivity index (χ1n) is 13.3. The smallest absolute Gasteiger partial charge is 0.356 e. The number of carbonyl (C=O) groups excluding carboxylic acids is 3. The molecule has 0 aliphatic rings. The fraction of sp³-hybridized carbons (Fsp3) is 0.281. The molecule has 0 unspecified atom stereocenters. The highest BCUT2D eigenvalue weighted by Gasteiger charge is 2.54. The molecule has 2 N–H and O–H groups in total. The fourth-order valence-corrected chi connectivity index (χ4v) is 4.67. The number of aryl methyl sites for hydroxylation is 1. The van der Waals surface area contributed by atoms with Gasteiger partial charge in [0.15, 0.2) is 0 Å². The summed E-state index contributed by atoms with van der Waals surface area (Å²) in [5.41, 5.74) is -0.714. The number of nitrogens with zero attached hydrogens (tertiary/aromatic N) is 1. The largest absolute Gasteiger partial charge is 0.497 e. The SMILES string of the molecule is COc1ccc2c(c1)c(C)c(C(O)(C(=O)OC(C)C)C(=O)OC(C)C)n2-c1ccccc1NC(=O)c1ccccc1. The van der Waals surface area contributed by atoms with Crippen LogP contribution in [0.15, 0.2) is 72.8 Å². The van der Waals surface area contributed by atoms with E-state index in [1.165, 1.54) is 7.11 Å². The number of hydrogen-bond acceptors (Lipinski definition) is 7. The molecular weight excluding hydrogens is 524 g/mol. The zero-order valence-corrected chi connectivity index (χ0v) is 23.9. The van der Waals surface area contributed by atoms with E-state index in [0.29, 0.717) is 39.2 Å². The first-order chi connectivity index (χ1) is 19.5. The Hall–Kier alpha value is -4.63. The monoisotopic (exact) mass is 558 g/mol. The number of esters is 2. The molecule has 1 heterocycles. The topological polar surface area (TPSA) is 116 Å². The average Bonchev–Trinajstić information content (AvgIpc) is 3.24. The van der Waals surface area contributed by atoms with Gasteiger partial charge in [0.05, 0.1) is 41.9 Å². The van der Waals surface area contributed by atoms with E-state index in [1.807, 2.05) is 6.07 Å². The molecule has 9 heteroatoms. The Morgan fingerprint density at radius 1 is 0.854 bits per heavy atom. The van der Waals surface area contributed by atoms with Gasteiger partial charge in [-0.25, -0.2) is 9.59 Å². The summed E-state index contributed by atoms with van der Waals surface area (Å²) in [5, 5.41) is 15.7. The molecule has 0 aliphatic carbocycles. The molecule has 0 radical (unpaired) electrons. The maximum Gasteiger partial charge on any atom is 0.356 e. The van der Waals surface area contributed by atoms with Crippen molar-refractivity contribution in [2.75, 3.05) is 12.4 Å². The van der Waals surface area contributed by atoms with Gasteiger partial charge in [-0.1, -0.05) is 30.3 Å². The van der Waals surface area contributed by atoms with Gasteiger partial charge in [-0.05, 0) is 82.6 Å². The van der Waals surface area contributed by atoms with Gasteiger partial charge in [0.1, 0.15) is 5.75 Å². The number of benzene rings is 3. The lowest BCUT2D eigenvalue weighted by Crippen LogP contribution is -2.49. The molecule has 0 fully saturated rings. The molecule has 4 rings (SSSR count). The van der Waals surface area contributed by atoms with Crippen molar-refractivity contribution < 1.29 is 33.7 Å². The molecule has 214 valence electrons. The van der Waals surface area contributed by atoms with E-state index < -0.39 is 29.7 Å². The molecule has 4 aromatic rings. The Balaban J connectivity index is 2.04. The van der Waals surface area contributed by atoms with Crippen molar-refractivity contribution in [1.29, 1.82) is 0 Å². The number of fused-ring (bicyclic) bond motifs is 1. The van der Waals surface area contributed by atoms with Crippen molar-refractivity contribution in [2.45, 2.75) is 52.4 Å². The number of amides is 1. The molecule has 0 bridgehead atoms. The standard InChI is InChI=1S/C32H34N2O7/c1-19(2)40-30(36)32(38,31(37)41-20(3)4)28-21(5)24-18-23(39-6)16-17-26(24)34(28)27-15-11-10-14-25(27)33-29(35)22-12-8-7-9-13-22/h7-20,38H,1-6H3,(H,33,35). The molecule has 0 saturated carbocycles. The van der Waals surface area contributed by atoms with Crippen LogP contribution < -0.4 is 10.1 Å². The van der Waals surface area contributed by atoms with Crippen molar-refractivity contribution in [3.63, 3.8) is 0 Å². The summed E-state index contributed by atoms with van der Waals surface area (Å²) in [6.07, 6.45) is -1.26. The van der Waals surface area contributed by atoms with Gasteiger partial charge < -0.3 is 29.2 Å². The molecule has 0 spiro atoms. The number of aliphatic hydroxyl groups is 1. The van der Waals surface area contributed by atoms with Crippen LogP contribution in [0.25, 0.3) is 16.6 Å². The van der Waals surface area contributed by atoms with E-state index in [2.05, 4.69) is 5.32 Å². The molecule has 0 atom stereocenters. The molecule has 1 amide bonds. The normalized spacial score (nSPS) is 11.5. The fourth-order valence-electron chi connectivity index (χ4n) is 4.67. The molecule has 0 aliphatic heterocycles. The highest BCUT2D eigenvalue weighted by atomic mass is 16.6. The van der Waals surface area contributed by atoms with Crippen molar-refractivity contribution >= 4 is 34.4 Å². The number of ether oxygens (including phenoxy) is 3. The van der Waals surface area contributed by atoms with Crippen LogP contribution in [0.3, 0.4) is 0 Å². The lowest BCUT2D eigenvalue weighted by molar-refractivity contribution is -0.190. The summed E-state index contributed by atoms with van der Waals surface area (Å²) in [6.45, 7) is 8.16. The average molecular weight is 559 g/mol. The predicted octanol–water partition coefficient (Wildman–Crippen LogP) is 5.29. The predicted molar refractivity (Wildman–Crippen MR) is 155 cm³/mol. The second-order valence-electron chi connectivity index (χ2n) is 10.1. The number of nitrogens with one attached hydrogen (secondary N) is 1. The van der Waals surface area contributed by atoms with Crippen LogP contribution in [0.5, 0.6) is 5.75 Å². The molecule has 0 saturated heterocycles. The van der Waals surface area contributed by atoms with Crippen molar-refractivity contribution in [3.8, 4) is 11.4 Å². The van der Waals surface area contributed by atoms with Gasteiger partial charge in [0.25, 0.3) is 5.91 Å². The zero-order chi connectivity index (χ0) is 29.9. The highest BCUT2D eigenvalue weighted by Crippen LogP contribution is 2.40. The highest BCUT2D eigenvalue weighted by molar-refractivity contribution is 6.08. The summed E-state index contributed by atoms with van der Waals surface area (Å²) in [7, 11) is 1.53. The number of carbonyl (C=O) groups is 3. The van der Waals surface area contributed by atoms with Gasteiger partial charge >= 0.3 is 17.5 Å². The van der Waals surface area contributed by atoms with Crippen LogP contribution in [0.4, 0.5) is 5.69 Å². The minimum Gasteiger partial charge on any atom is -0.497 e. The van der Waals surface area contributed by atoms with E-state index in [0.717, 1.165) is 0 Å². The minimum atomic E-state index is -2.85. The van der Waals surface area contributed by atoms with Crippen LogP contribution in [-0.4, -0.2) is 46.8 Å². The first kappa shape index (κ1) is 29.4. The maximum atomic E-state index is 13.6. The van der Waals surface area contributed by atoms with Gasteiger partial charge in [0.2, 0.25) is 0 Å². The lowest BCUT2D eigenvalue weighted by atomic mass is 9.95. The number of anilines is 1. The van der Waals surface area contributed by atoms with Crippen LogP contribution in [0.2, 0.25) is 0 Å². The molecule has 3 aromatic carbocycles. The van der Waals surface area contributed by atoms with E-state index in [-0.39, 0.29) is 11.6 Å². The second-order valence-corrected chi connectivity index (χ2v) is 10.1. The van der Waals surface area contributed by atoms with Gasteiger partial charge in [-0.3, -0.25) is 4.79 Å². The quantitative estimate of drug-likeness (QED) is 0.212. The van der Waals surface area contributed by atoms with Crippen molar-refractivity contribution in [1.82, 2.24) is 4.57 Å². The minimum absolute atomic E-state index is 0.0709. The Kier molecular flexibility index (Phi) is 8.49. The zero-order valence-electron chi connectivity index (χ0n) is 23.9. The summed E-state index contributed by atoms with van der Waals surface area (Å²) in [5.74, 6) is -2.18. The van der Waals surface area contributed by atoms with E-state index in [1.54, 1.807) is 106 Å².